The quantitative estimate of drug-likeness (QED) is 0.840. The van der Waals surface area contributed by atoms with Crippen molar-refractivity contribution in [2.24, 2.45) is 5.92 Å². The Kier molecular flexibility index (Phi) is 4.40. The molecule has 0 aliphatic heterocycles. The van der Waals surface area contributed by atoms with Gasteiger partial charge in [-0.05, 0) is 38.9 Å². The molecule has 4 nitrogen and oxygen atoms in total. The van der Waals surface area contributed by atoms with Gasteiger partial charge in [0.2, 0.25) is 0 Å². The summed E-state index contributed by atoms with van der Waals surface area (Å²) in [5.41, 5.74) is 1.49. The van der Waals surface area contributed by atoms with Gasteiger partial charge in [0, 0.05) is 30.5 Å². The molecule has 1 fully saturated rings. The van der Waals surface area contributed by atoms with Crippen LogP contribution in [0.1, 0.15) is 38.3 Å². The van der Waals surface area contributed by atoms with Crippen molar-refractivity contribution in [2.45, 2.75) is 44.7 Å². The van der Waals surface area contributed by atoms with Gasteiger partial charge in [0.25, 0.3) is 0 Å². The first-order valence-electron chi connectivity index (χ1n) is 6.99. The van der Waals surface area contributed by atoms with Gasteiger partial charge in [-0.15, -0.1) is 0 Å². The molecule has 2 unspecified atom stereocenters. The van der Waals surface area contributed by atoms with Crippen LogP contribution in [0.4, 0.5) is 0 Å². The van der Waals surface area contributed by atoms with E-state index in [-0.39, 0.29) is 0 Å². The Labute approximate surface area is 110 Å². The third kappa shape index (κ3) is 3.12. The van der Waals surface area contributed by atoms with E-state index in [9.17, 15) is 0 Å². The van der Waals surface area contributed by atoms with E-state index in [4.69, 9.17) is 0 Å². The van der Waals surface area contributed by atoms with Gasteiger partial charge in [0.1, 0.15) is 0 Å². The lowest BCUT2D eigenvalue weighted by molar-refractivity contribution is 0.0749. The highest BCUT2D eigenvalue weighted by molar-refractivity contribution is 4.99. The number of nitrogens with one attached hydrogen (secondary N) is 2. The van der Waals surface area contributed by atoms with E-state index < -0.39 is 0 Å². The summed E-state index contributed by atoms with van der Waals surface area (Å²) in [7, 11) is 4.44. The molecule has 0 bridgehead atoms. The van der Waals surface area contributed by atoms with Crippen LogP contribution in [0.15, 0.2) is 12.3 Å². The number of rotatable bonds is 5. The van der Waals surface area contributed by atoms with Gasteiger partial charge >= 0.3 is 0 Å². The highest BCUT2D eigenvalue weighted by Gasteiger charge is 2.36. The number of H-pyrrole nitrogens is 1. The van der Waals surface area contributed by atoms with Crippen LogP contribution in [-0.4, -0.2) is 41.3 Å². The summed E-state index contributed by atoms with van der Waals surface area (Å²) >= 11 is 0. The molecule has 4 heteroatoms. The normalized spacial score (nSPS) is 28.8. The smallest absolute Gasteiger partial charge is 0.0490 e. The molecule has 1 aliphatic rings. The van der Waals surface area contributed by atoms with Crippen LogP contribution in [-0.2, 0) is 6.54 Å². The molecule has 1 aromatic rings. The molecule has 0 radical (unpaired) electrons. The Morgan fingerprint density at radius 2 is 2.39 bits per heavy atom. The molecular formula is C14H26N4. The van der Waals surface area contributed by atoms with E-state index in [0.29, 0.717) is 5.54 Å². The molecule has 0 amide bonds. The lowest BCUT2D eigenvalue weighted by atomic mass is 9.75. The zero-order valence-electron chi connectivity index (χ0n) is 11.9. The van der Waals surface area contributed by atoms with Crippen LogP contribution < -0.4 is 5.32 Å². The summed E-state index contributed by atoms with van der Waals surface area (Å²) < 4.78 is 0. The number of hydrogen-bond donors (Lipinski definition) is 2. The fourth-order valence-electron chi connectivity index (χ4n) is 3.17. The van der Waals surface area contributed by atoms with Gasteiger partial charge in [0.05, 0.1) is 0 Å². The SMILES string of the molecule is CC1CCCC(CNCc2ccn[nH]2)(N(C)C)C1. The molecule has 1 aliphatic carbocycles. The second-order valence-corrected chi connectivity index (χ2v) is 6.01. The summed E-state index contributed by atoms with van der Waals surface area (Å²) in [4.78, 5) is 2.42. The number of likely N-dealkylation sites (N-methyl/N-ethyl adjacent to an activating group) is 1. The molecule has 0 aromatic carbocycles. The molecule has 1 saturated carbocycles. The van der Waals surface area contributed by atoms with Crippen LogP contribution in [0.5, 0.6) is 0 Å². The summed E-state index contributed by atoms with van der Waals surface area (Å²) in [5, 5.41) is 10.6. The van der Waals surface area contributed by atoms with Gasteiger partial charge < -0.3 is 10.2 Å². The minimum atomic E-state index is 0.331. The van der Waals surface area contributed by atoms with Crippen molar-refractivity contribution in [3.05, 3.63) is 18.0 Å². The monoisotopic (exact) mass is 250 g/mol. The Morgan fingerprint density at radius 3 is 3.00 bits per heavy atom. The summed E-state index contributed by atoms with van der Waals surface area (Å²) in [6, 6.07) is 2.03. The lowest BCUT2D eigenvalue weighted by Gasteiger charge is -2.45. The van der Waals surface area contributed by atoms with Crippen LogP contribution in [0.25, 0.3) is 0 Å². The maximum absolute atomic E-state index is 3.98. The standard InChI is InChI=1S/C14H26N4/c1-12-5-4-7-14(9-12,18(2)3)11-15-10-13-6-8-16-17-13/h6,8,12,15H,4-5,7,9-11H2,1-3H3,(H,16,17). The number of aromatic amines is 1. The van der Waals surface area contributed by atoms with Gasteiger partial charge in [-0.2, -0.15) is 5.10 Å². The Balaban J connectivity index is 1.89. The molecule has 0 spiro atoms. The first-order valence-corrected chi connectivity index (χ1v) is 6.99. The average molecular weight is 250 g/mol. The fourth-order valence-corrected chi connectivity index (χ4v) is 3.17. The van der Waals surface area contributed by atoms with Crippen molar-refractivity contribution < 1.29 is 0 Å². The van der Waals surface area contributed by atoms with E-state index in [1.807, 2.05) is 6.07 Å². The van der Waals surface area contributed by atoms with Crippen molar-refractivity contribution in [3.63, 3.8) is 0 Å². The first kappa shape index (κ1) is 13.6. The van der Waals surface area contributed by atoms with Gasteiger partial charge in [0.15, 0.2) is 0 Å². The molecule has 102 valence electrons. The largest absolute Gasteiger partial charge is 0.309 e. The Morgan fingerprint density at radius 1 is 1.56 bits per heavy atom. The summed E-state index contributed by atoms with van der Waals surface area (Å²) in [5.74, 6) is 0.843. The Bertz CT molecular complexity index is 347. The molecule has 2 rings (SSSR count). The second kappa shape index (κ2) is 5.85. The number of aromatic nitrogens is 2. The third-order valence-corrected chi connectivity index (χ3v) is 4.34. The predicted octanol–water partition coefficient (Wildman–Crippen LogP) is 2.01. The highest BCUT2D eigenvalue weighted by atomic mass is 15.2. The summed E-state index contributed by atoms with van der Waals surface area (Å²) in [6.45, 7) is 4.32. The molecule has 1 heterocycles. The van der Waals surface area contributed by atoms with Gasteiger partial charge in [-0.25, -0.2) is 0 Å². The highest BCUT2D eigenvalue weighted by Crippen LogP contribution is 2.35. The van der Waals surface area contributed by atoms with Crippen LogP contribution in [0.3, 0.4) is 0 Å². The van der Waals surface area contributed by atoms with Gasteiger partial charge in [-0.1, -0.05) is 19.8 Å². The number of hydrogen-bond acceptors (Lipinski definition) is 3. The number of nitrogens with zero attached hydrogens (tertiary/aromatic N) is 2. The van der Waals surface area contributed by atoms with Crippen LogP contribution >= 0.6 is 0 Å². The lowest BCUT2D eigenvalue weighted by Crippen LogP contribution is -2.54. The minimum absolute atomic E-state index is 0.331. The van der Waals surface area contributed by atoms with Crippen molar-refractivity contribution in [1.82, 2.24) is 20.4 Å². The minimum Gasteiger partial charge on any atom is -0.309 e. The molecule has 2 N–H and O–H groups in total. The van der Waals surface area contributed by atoms with Crippen molar-refractivity contribution in [1.29, 1.82) is 0 Å². The average Bonchev–Trinajstić information content (AvgIpc) is 2.82. The van der Waals surface area contributed by atoms with E-state index in [1.165, 1.54) is 25.7 Å². The van der Waals surface area contributed by atoms with E-state index in [1.54, 1.807) is 6.20 Å². The van der Waals surface area contributed by atoms with E-state index in [0.717, 1.165) is 24.7 Å². The summed E-state index contributed by atoms with van der Waals surface area (Å²) in [6.07, 6.45) is 7.15. The molecule has 0 saturated heterocycles. The topological polar surface area (TPSA) is 44.0 Å². The molecule has 18 heavy (non-hydrogen) atoms. The van der Waals surface area contributed by atoms with Crippen LogP contribution in [0.2, 0.25) is 0 Å². The van der Waals surface area contributed by atoms with Crippen molar-refractivity contribution >= 4 is 0 Å². The second-order valence-electron chi connectivity index (χ2n) is 6.01. The predicted molar refractivity (Wildman–Crippen MR) is 74.3 cm³/mol. The zero-order valence-corrected chi connectivity index (χ0v) is 11.9. The molecule has 1 aromatic heterocycles. The first-order chi connectivity index (χ1) is 8.62. The van der Waals surface area contributed by atoms with E-state index in [2.05, 4.69) is 41.4 Å². The van der Waals surface area contributed by atoms with E-state index >= 15 is 0 Å². The molecule has 2 atom stereocenters. The van der Waals surface area contributed by atoms with Crippen molar-refractivity contribution in [2.75, 3.05) is 20.6 Å². The maximum Gasteiger partial charge on any atom is 0.0490 e. The zero-order chi connectivity index (χ0) is 13.0. The Hall–Kier alpha value is -0.870. The van der Waals surface area contributed by atoms with Crippen LogP contribution in [0, 0.1) is 5.92 Å². The third-order valence-electron chi connectivity index (χ3n) is 4.34. The van der Waals surface area contributed by atoms with Gasteiger partial charge in [-0.3, -0.25) is 5.10 Å². The maximum atomic E-state index is 3.98. The molecular weight excluding hydrogens is 224 g/mol. The van der Waals surface area contributed by atoms with Crippen molar-refractivity contribution in [3.8, 4) is 0 Å². The fraction of sp³-hybridized carbons (Fsp3) is 0.786.